The Kier molecular flexibility index (Phi) is 2.85. The molecule has 1 heterocycles. The SMILES string of the molecule is O=c1oc(=O)c2c1c1c3ccccc3c3cccc4c5cccc6c7ccccc7c2c(c65)c1c34. The van der Waals surface area contributed by atoms with Gasteiger partial charge in [-0.2, -0.15) is 0 Å². The fourth-order valence-corrected chi connectivity index (χ4v) is 6.80. The summed E-state index contributed by atoms with van der Waals surface area (Å²) in [6.07, 6.45) is 0. The lowest BCUT2D eigenvalue weighted by atomic mass is 9.80. The van der Waals surface area contributed by atoms with Crippen molar-refractivity contribution in [3.05, 3.63) is 106 Å². The third-order valence-corrected chi connectivity index (χ3v) is 7.99. The van der Waals surface area contributed by atoms with E-state index in [0.717, 1.165) is 75.4 Å². The number of hydrogen-bond donors (Lipinski definition) is 0. The zero-order chi connectivity index (χ0) is 23.0. The average Bonchev–Trinajstić information content (AvgIpc) is 3.20. The highest BCUT2D eigenvalue weighted by atomic mass is 16.4. The molecule has 0 unspecified atom stereocenters. The molecule has 0 aliphatic rings. The van der Waals surface area contributed by atoms with E-state index < -0.39 is 11.3 Å². The van der Waals surface area contributed by atoms with E-state index in [1.165, 1.54) is 0 Å². The Bertz CT molecular complexity index is 2290. The van der Waals surface area contributed by atoms with E-state index in [2.05, 4.69) is 60.7 Å². The van der Waals surface area contributed by atoms with Gasteiger partial charge in [-0.05, 0) is 53.9 Å². The molecule has 35 heavy (non-hydrogen) atoms. The predicted octanol–water partition coefficient (Wildman–Crippen LogP) is 7.54. The fraction of sp³-hybridized carbons (Fsp3) is 0. The summed E-state index contributed by atoms with van der Waals surface area (Å²) in [6.45, 7) is 0. The van der Waals surface area contributed by atoms with E-state index in [0.29, 0.717) is 10.8 Å². The third-order valence-electron chi connectivity index (χ3n) is 7.99. The minimum Gasteiger partial charge on any atom is -0.386 e. The second-order valence-electron chi connectivity index (χ2n) is 9.47. The molecular formula is C32H14O3. The van der Waals surface area contributed by atoms with E-state index in [9.17, 15) is 9.59 Å². The molecule has 8 aromatic carbocycles. The van der Waals surface area contributed by atoms with Crippen molar-refractivity contribution in [2.24, 2.45) is 0 Å². The van der Waals surface area contributed by atoms with Crippen molar-refractivity contribution in [1.29, 1.82) is 0 Å². The number of benzene rings is 8. The summed E-state index contributed by atoms with van der Waals surface area (Å²) in [5.41, 5.74) is -1.12. The molecular weight excluding hydrogens is 432 g/mol. The topological polar surface area (TPSA) is 47.3 Å². The van der Waals surface area contributed by atoms with Crippen LogP contribution < -0.4 is 11.3 Å². The monoisotopic (exact) mass is 446 g/mol. The van der Waals surface area contributed by atoms with Crippen LogP contribution in [-0.2, 0) is 0 Å². The quantitative estimate of drug-likeness (QED) is 0.179. The van der Waals surface area contributed by atoms with Gasteiger partial charge >= 0.3 is 11.3 Å². The molecule has 160 valence electrons. The molecule has 9 rings (SSSR count). The van der Waals surface area contributed by atoms with Crippen molar-refractivity contribution < 1.29 is 4.42 Å². The first-order valence-corrected chi connectivity index (χ1v) is 11.7. The van der Waals surface area contributed by atoms with Crippen molar-refractivity contribution >= 4 is 86.2 Å². The Balaban J connectivity index is 1.90. The summed E-state index contributed by atoms with van der Waals surface area (Å²) in [5.74, 6) is 0. The van der Waals surface area contributed by atoms with Crippen molar-refractivity contribution in [1.82, 2.24) is 0 Å². The second-order valence-corrected chi connectivity index (χ2v) is 9.47. The van der Waals surface area contributed by atoms with Crippen LogP contribution >= 0.6 is 0 Å². The van der Waals surface area contributed by atoms with Gasteiger partial charge in [-0.1, -0.05) is 84.9 Å². The zero-order valence-electron chi connectivity index (χ0n) is 18.3. The summed E-state index contributed by atoms with van der Waals surface area (Å²) in [7, 11) is 0. The van der Waals surface area contributed by atoms with Crippen molar-refractivity contribution in [2.75, 3.05) is 0 Å². The molecule has 3 nitrogen and oxygen atoms in total. The Morgan fingerprint density at radius 1 is 0.314 bits per heavy atom. The van der Waals surface area contributed by atoms with Gasteiger partial charge < -0.3 is 4.42 Å². The maximum atomic E-state index is 13.3. The maximum Gasteiger partial charge on any atom is 0.347 e. The molecule has 0 spiro atoms. The molecule has 1 aromatic heterocycles. The number of rotatable bonds is 0. The van der Waals surface area contributed by atoms with Crippen LogP contribution in [0.25, 0.3) is 86.2 Å². The Morgan fingerprint density at radius 3 is 1.06 bits per heavy atom. The zero-order valence-corrected chi connectivity index (χ0v) is 18.3. The van der Waals surface area contributed by atoms with E-state index in [1.807, 2.05) is 24.3 Å². The number of fused-ring (bicyclic) bond motifs is 10. The van der Waals surface area contributed by atoms with Gasteiger partial charge in [0.25, 0.3) is 0 Å². The highest BCUT2D eigenvalue weighted by Gasteiger charge is 2.27. The molecule has 0 fully saturated rings. The van der Waals surface area contributed by atoms with Crippen LogP contribution in [0.2, 0.25) is 0 Å². The summed E-state index contributed by atoms with van der Waals surface area (Å²) in [4.78, 5) is 26.6. The van der Waals surface area contributed by atoms with Crippen molar-refractivity contribution in [3.63, 3.8) is 0 Å². The summed E-state index contributed by atoms with van der Waals surface area (Å²) in [5, 5.41) is 15.5. The average molecular weight is 446 g/mol. The standard InChI is InChI=1S/C32H14O3/c33-31-29-25-19-9-3-1-7-15(19)17-11-5-13-21-22-14-6-12-18-16-8-2-4-10-20(16)26(30(29)32(34)35-31)28(24(18)22)27(25)23(17)21/h1-14H. The van der Waals surface area contributed by atoms with Crippen LogP contribution in [0, 0.1) is 0 Å². The van der Waals surface area contributed by atoms with Crippen LogP contribution in [0.3, 0.4) is 0 Å². The fourth-order valence-electron chi connectivity index (χ4n) is 6.80. The molecule has 0 bridgehead atoms. The lowest BCUT2D eigenvalue weighted by molar-refractivity contribution is 0.500. The lowest BCUT2D eigenvalue weighted by Gasteiger charge is -2.21. The molecule has 9 aromatic rings. The van der Waals surface area contributed by atoms with E-state index in [-0.39, 0.29) is 0 Å². The second kappa shape index (κ2) is 5.65. The van der Waals surface area contributed by atoms with Gasteiger partial charge in [-0.15, -0.1) is 0 Å². The Labute approximate surface area is 196 Å². The summed E-state index contributed by atoms with van der Waals surface area (Å²) in [6, 6.07) is 29.2. The van der Waals surface area contributed by atoms with E-state index >= 15 is 0 Å². The van der Waals surface area contributed by atoms with Crippen molar-refractivity contribution in [3.8, 4) is 0 Å². The number of furan rings is 1. The minimum atomic E-state index is -0.558. The Hall–Kier alpha value is -4.76. The van der Waals surface area contributed by atoms with Gasteiger partial charge in [0, 0.05) is 21.5 Å². The van der Waals surface area contributed by atoms with Gasteiger partial charge in [0.05, 0.1) is 10.8 Å². The number of hydrogen-bond acceptors (Lipinski definition) is 3. The molecule has 0 radical (unpaired) electrons. The normalized spacial score (nSPS) is 12.8. The highest BCUT2D eigenvalue weighted by molar-refractivity contribution is 6.51. The molecule has 0 N–H and O–H groups in total. The van der Waals surface area contributed by atoms with Crippen LogP contribution in [0.1, 0.15) is 0 Å². The summed E-state index contributed by atoms with van der Waals surface area (Å²) < 4.78 is 5.31. The Morgan fingerprint density at radius 2 is 0.629 bits per heavy atom. The van der Waals surface area contributed by atoms with Crippen LogP contribution in [0.15, 0.2) is 98.9 Å². The largest absolute Gasteiger partial charge is 0.386 e. The first kappa shape index (κ1) is 17.7. The third kappa shape index (κ3) is 1.82. The minimum absolute atomic E-state index is 0.397. The maximum absolute atomic E-state index is 13.3. The van der Waals surface area contributed by atoms with E-state index in [1.54, 1.807) is 0 Å². The highest BCUT2D eigenvalue weighted by Crippen LogP contribution is 2.51. The lowest BCUT2D eigenvalue weighted by Crippen LogP contribution is -1.98. The van der Waals surface area contributed by atoms with Crippen LogP contribution in [0.4, 0.5) is 0 Å². The van der Waals surface area contributed by atoms with Crippen LogP contribution in [0.5, 0.6) is 0 Å². The van der Waals surface area contributed by atoms with Gasteiger partial charge in [0.15, 0.2) is 0 Å². The first-order valence-electron chi connectivity index (χ1n) is 11.7. The van der Waals surface area contributed by atoms with Gasteiger partial charge in [-0.25, -0.2) is 9.59 Å². The molecule has 0 saturated heterocycles. The molecule has 0 amide bonds. The van der Waals surface area contributed by atoms with E-state index in [4.69, 9.17) is 4.42 Å². The molecule has 0 aliphatic carbocycles. The van der Waals surface area contributed by atoms with Gasteiger partial charge in [0.2, 0.25) is 0 Å². The van der Waals surface area contributed by atoms with Crippen molar-refractivity contribution in [2.45, 2.75) is 0 Å². The molecule has 3 heteroatoms. The summed E-state index contributed by atoms with van der Waals surface area (Å²) >= 11 is 0. The van der Waals surface area contributed by atoms with Gasteiger partial charge in [0.1, 0.15) is 0 Å². The van der Waals surface area contributed by atoms with Crippen LogP contribution in [-0.4, -0.2) is 0 Å². The van der Waals surface area contributed by atoms with Gasteiger partial charge in [-0.3, -0.25) is 0 Å². The molecule has 0 atom stereocenters. The smallest absolute Gasteiger partial charge is 0.347 e. The predicted molar refractivity (Wildman–Crippen MR) is 145 cm³/mol. The molecule has 0 aliphatic heterocycles. The molecule has 0 saturated carbocycles. The first-order chi connectivity index (χ1) is 17.2.